The van der Waals surface area contributed by atoms with Crippen LogP contribution in [0.3, 0.4) is 0 Å². The quantitative estimate of drug-likeness (QED) is 0.634. The zero-order chi connectivity index (χ0) is 9.84. The van der Waals surface area contributed by atoms with E-state index in [4.69, 9.17) is 0 Å². The first kappa shape index (κ1) is 11.2. The summed E-state index contributed by atoms with van der Waals surface area (Å²) in [7, 11) is 0. The molecule has 0 radical (unpaired) electrons. The Morgan fingerprint density at radius 1 is 1.46 bits per heavy atom. The van der Waals surface area contributed by atoms with E-state index in [2.05, 4.69) is 26.7 Å². The van der Waals surface area contributed by atoms with Crippen molar-refractivity contribution in [1.29, 1.82) is 0 Å². The molecular formula is C12H22S. The largest absolute Gasteiger partial charge is 0.134 e. The zero-order valence-electron chi connectivity index (χ0n) is 9.18. The summed E-state index contributed by atoms with van der Waals surface area (Å²) in [4.78, 5) is 1.35. The summed E-state index contributed by atoms with van der Waals surface area (Å²) in [5, 5.41) is 0. The molecule has 0 aromatic carbocycles. The van der Waals surface area contributed by atoms with Gasteiger partial charge in [-0.15, -0.1) is 11.8 Å². The molecule has 1 heteroatoms. The molecule has 1 saturated carbocycles. The lowest BCUT2D eigenvalue weighted by molar-refractivity contribution is 0.236. The average Bonchev–Trinajstić information content (AvgIpc) is 2.08. The van der Waals surface area contributed by atoms with Crippen LogP contribution in [0.15, 0.2) is 11.5 Å². The second-order valence-electron chi connectivity index (χ2n) is 4.47. The van der Waals surface area contributed by atoms with Gasteiger partial charge in [-0.05, 0) is 35.3 Å². The first-order valence-corrected chi connectivity index (χ1v) is 6.60. The van der Waals surface area contributed by atoms with Crippen molar-refractivity contribution in [2.24, 2.45) is 17.8 Å². The van der Waals surface area contributed by atoms with E-state index < -0.39 is 0 Å². The van der Waals surface area contributed by atoms with Crippen LogP contribution in [0.25, 0.3) is 0 Å². The minimum Gasteiger partial charge on any atom is -0.134 e. The Labute approximate surface area is 87.2 Å². The van der Waals surface area contributed by atoms with Crippen LogP contribution in [-0.2, 0) is 0 Å². The minimum absolute atomic E-state index is 0.690. The predicted molar refractivity (Wildman–Crippen MR) is 62.9 cm³/mol. The number of rotatable bonds is 5. The lowest BCUT2D eigenvalue weighted by atomic mass is 9.76. The third-order valence-corrected chi connectivity index (χ3v) is 4.45. The third kappa shape index (κ3) is 3.05. The maximum absolute atomic E-state index is 4.11. The summed E-state index contributed by atoms with van der Waals surface area (Å²) in [6.45, 7) is 8.81. The second-order valence-corrected chi connectivity index (χ2v) is 5.40. The van der Waals surface area contributed by atoms with Crippen molar-refractivity contribution in [3.8, 4) is 0 Å². The number of allylic oxidation sites excluding steroid dienone is 1. The van der Waals surface area contributed by atoms with Crippen molar-refractivity contribution in [1.82, 2.24) is 0 Å². The molecule has 13 heavy (non-hydrogen) atoms. The molecule has 0 N–H and O–H groups in total. The van der Waals surface area contributed by atoms with E-state index in [9.17, 15) is 0 Å². The molecule has 0 aromatic rings. The SMILES string of the molecule is C=C(SC)C(C)C(C)CC1CCC1. The van der Waals surface area contributed by atoms with E-state index in [0.29, 0.717) is 5.92 Å². The normalized spacial score (nSPS) is 22.1. The highest BCUT2D eigenvalue weighted by atomic mass is 32.2. The molecule has 0 bridgehead atoms. The molecule has 0 aliphatic heterocycles. The highest BCUT2D eigenvalue weighted by molar-refractivity contribution is 8.02. The summed E-state index contributed by atoms with van der Waals surface area (Å²) < 4.78 is 0. The van der Waals surface area contributed by atoms with Crippen LogP contribution in [-0.4, -0.2) is 6.26 Å². The van der Waals surface area contributed by atoms with Crippen LogP contribution in [0.5, 0.6) is 0 Å². The van der Waals surface area contributed by atoms with E-state index in [-0.39, 0.29) is 0 Å². The topological polar surface area (TPSA) is 0 Å². The molecule has 0 nitrogen and oxygen atoms in total. The average molecular weight is 198 g/mol. The summed E-state index contributed by atoms with van der Waals surface area (Å²) in [5.74, 6) is 2.55. The number of thioether (sulfide) groups is 1. The smallest absolute Gasteiger partial charge is 0.0111 e. The Kier molecular flexibility index (Phi) is 4.37. The molecule has 0 spiro atoms. The van der Waals surface area contributed by atoms with E-state index in [0.717, 1.165) is 11.8 Å². The third-order valence-electron chi connectivity index (χ3n) is 3.55. The maximum Gasteiger partial charge on any atom is -0.0111 e. The fraction of sp³-hybridized carbons (Fsp3) is 0.833. The highest BCUT2D eigenvalue weighted by Gasteiger charge is 2.23. The van der Waals surface area contributed by atoms with E-state index >= 15 is 0 Å². The van der Waals surface area contributed by atoms with Crippen molar-refractivity contribution in [3.05, 3.63) is 11.5 Å². The molecule has 0 saturated heterocycles. The lowest BCUT2D eigenvalue weighted by Crippen LogP contribution is -2.18. The van der Waals surface area contributed by atoms with Gasteiger partial charge in [0.25, 0.3) is 0 Å². The lowest BCUT2D eigenvalue weighted by Gasteiger charge is -2.31. The van der Waals surface area contributed by atoms with Gasteiger partial charge < -0.3 is 0 Å². The Morgan fingerprint density at radius 3 is 2.46 bits per heavy atom. The van der Waals surface area contributed by atoms with Crippen LogP contribution < -0.4 is 0 Å². The molecule has 1 fully saturated rings. The van der Waals surface area contributed by atoms with Gasteiger partial charge in [0.05, 0.1) is 0 Å². The number of hydrogen-bond donors (Lipinski definition) is 0. The van der Waals surface area contributed by atoms with Gasteiger partial charge >= 0.3 is 0 Å². The maximum atomic E-state index is 4.11. The van der Waals surface area contributed by atoms with Gasteiger partial charge in [-0.2, -0.15) is 0 Å². The Bertz CT molecular complexity index is 170. The van der Waals surface area contributed by atoms with Gasteiger partial charge in [0.1, 0.15) is 0 Å². The van der Waals surface area contributed by atoms with Crippen molar-refractivity contribution in [2.45, 2.75) is 39.5 Å². The van der Waals surface area contributed by atoms with Gasteiger partial charge in [0.15, 0.2) is 0 Å². The molecule has 0 amide bonds. The number of hydrogen-bond acceptors (Lipinski definition) is 1. The summed E-state index contributed by atoms with van der Waals surface area (Å²) in [5.41, 5.74) is 0. The van der Waals surface area contributed by atoms with Crippen LogP contribution in [0.1, 0.15) is 39.5 Å². The van der Waals surface area contributed by atoms with Crippen molar-refractivity contribution >= 4 is 11.8 Å². The Morgan fingerprint density at radius 2 is 2.08 bits per heavy atom. The van der Waals surface area contributed by atoms with Crippen LogP contribution in [0, 0.1) is 17.8 Å². The van der Waals surface area contributed by atoms with Crippen molar-refractivity contribution in [2.75, 3.05) is 6.26 Å². The van der Waals surface area contributed by atoms with Crippen LogP contribution in [0.4, 0.5) is 0 Å². The zero-order valence-corrected chi connectivity index (χ0v) is 9.99. The van der Waals surface area contributed by atoms with E-state index in [1.54, 1.807) is 0 Å². The molecule has 0 aromatic heterocycles. The highest BCUT2D eigenvalue weighted by Crippen LogP contribution is 2.37. The van der Waals surface area contributed by atoms with Crippen molar-refractivity contribution < 1.29 is 0 Å². The molecule has 2 unspecified atom stereocenters. The van der Waals surface area contributed by atoms with Gasteiger partial charge in [-0.1, -0.05) is 39.7 Å². The fourth-order valence-electron chi connectivity index (χ4n) is 1.96. The molecular weight excluding hydrogens is 176 g/mol. The van der Waals surface area contributed by atoms with Crippen LogP contribution in [0.2, 0.25) is 0 Å². The Balaban J connectivity index is 2.27. The molecule has 0 heterocycles. The van der Waals surface area contributed by atoms with Gasteiger partial charge in [-0.25, -0.2) is 0 Å². The monoisotopic (exact) mass is 198 g/mol. The molecule has 1 rings (SSSR count). The van der Waals surface area contributed by atoms with Gasteiger partial charge in [0, 0.05) is 0 Å². The Hall–Kier alpha value is 0.0900. The summed E-state index contributed by atoms with van der Waals surface area (Å²) in [6, 6.07) is 0. The van der Waals surface area contributed by atoms with Gasteiger partial charge in [-0.3, -0.25) is 0 Å². The summed E-state index contributed by atoms with van der Waals surface area (Å²) >= 11 is 1.82. The first-order chi connectivity index (χ1) is 6.15. The summed E-state index contributed by atoms with van der Waals surface area (Å²) in [6.07, 6.45) is 7.97. The molecule has 1 aliphatic rings. The predicted octanol–water partition coefficient (Wildman–Crippen LogP) is 4.33. The van der Waals surface area contributed by atoms with Crippen LogP contribution >= 0.6 is 11.8 Å². The standard InChI is InChI=1S/C12H22S/c1-9(8-12-6-5-7-12)10(2)11(3)13-4/h9-10,12H,3,5-8H2,1-2,4H3. The van der Waals surface area contributed by atoms with Crippen molar-refractivity contribution in [3.63, 3.8) is 0 Å². The second kappa shape index (κ2) is 5.09. The molecule has 2 atom stereocenters. The fourth-order valence-corrected chi connectivity index (χ4v) is 2.57. The molecule has 1 aliphatic carbocycles. The van der Waals surface area contributed by atoms with E-state index in [1.165, 1.54) is 30.6 Å². The molecule has 76 valence electrons. The van der Waals surface area contributed by atoms with Gasteiger partial charge in [0.2, 0.25) is 0 Å². The minimum atomic E-state index is 0.690. The first-order valence-electron chi connectivity index (χ1n) is 5.38. The van der Waals surface area contributed by atoms with E-state index in [1.807, 2.05) is 11.8 Å².